The zero-order chi connectivity index (χ0) is 19.6. The van der Waals surface area contributed by atoms with E-state index in [4.69, 9.17) is 4.74 Å². The van der Waals surface area contributed by atoms with Crippen molar-refractivity contribution in [3.63, 3.8) is 0 Å². The molecule has 0 saturated heterocycles. The van der Waals surface area contributed by atoms with Crippen LogP contribution in [-0.4, -0.2) is 19.2 Å². The molecular formula is C25H29NO2. The first-order valence-electron chi connectivity index (χ1n) is 10.3. The summed E-state index contributed by atoms with van der Waals surface area (Å²) >= 11 is 0. The van der Waals surface area contributed by atoms with E-state index in [-0.39, 0.29) is 17.4 Å². The molecule has 1 amide bonds. The Hall–Kier alpha value is -2.55. The SMILES string of the molecule is CC(C)=CCCC1(CNC(=O)OCC2c3ccccc3-c3ccccc32)CC1. The number of allylic oxidation sites excluding steroid dienone is 2. The van der Waals surface area contributed by atoms with Crippen molar-refractivity contribution in [2.75, 3.05) is 13.2 Å². The first-order chi connectivity index (χ1) is 13.6. The number of rotatable bonds is 7. The van der Waals surface area contributed by atoms with Gasteiger partial charge in [0.15, 0.2) is 0 Å². The van der Waals surface area contributed by atoms with Crippen LogP contribution < -0.4 is 5.32 Å². The van der Waals surface area contributed by atoms with Crippen LogP contribution in [0, 0.1) is 5.41 Å². The van der Waals surface area contributed by atoms with Crippen LogP contribution in [0.3, 0.4) is 0 Å². The monoisotopic (exact) mass is 375 g/mol. The van der Waals surface area contributed by atoms with Gasteiger partial charge in [0.2, 0.25) is 0 Å². The molecule has 0 atom stereocenters. The number of nitrogens with one attached hydrogen (secondary N) is 1. The number of amides is 1. The molecule has 2 aliphatic carbocycles. The number of carbonyl (C=O) groups is 1. The Morgan fingerprint density at radius 3 is 2.25 bits per heavy atom. The lowest BCUT2D eigenvalue weighted by Crippen LogP contribution is -2.31. The molecule has 3 nitrogen and oxygen atoms in total. The molecule has 0 aliphatic heterocycles. The largest absolute Gasteiger partial charge is 0.449 e. The topological polar surface area (TPSA) is 38.3 Å². The fourth-order valence-corrected chi connectivity index (χ4v) is 4.27. The van der Waals surface area contributed by atoms with Crippen LogP contribution >= 0.6 is 0 Å². The van der Waals surface area contributed by atoms with E-state index in [1.54, 1.807) is 0 Å². The van der Waals surface area contributed by atoms with Crippen LogP contribution in [0.25, 0.3) is 11.1 Å². The van der Waals surface area contributed by atoms with Crippen LogP contribution in [0.15, 0.2) is 60.2 Å². The third-order valence-corrected chi connectivity index (χ3v) is 6.14. The third kappa shape index (κ3) is 3.99. The summed E-state index contributed by atoms with van der Waals surface area (Å²) in [7, 11) is 0. The Balaban J connectivity index is 1.33. The number of hydrogen-bond donors (Lipinski definition) is 1. The minimum atomic E-state index is -0.296. The molecule has 0 spiro atoms. The summed E-state index contributed by atoms with van der Waals surface area (Å²) < 4.78 is 5.64. The number of benzene rings is 2. The van der Waals surface area contributed by atoms with E-state index in [1.807, 2.05) is 0 Å². The normalized spacial score (nSPS) is 16.1. The Morgan fingerprint density at radius 1 is 1.07 bits per heavy atom. The molecule has 0 bridgehead atoms. The van der Waals surface area contributed by atoms with Gasteiger partial charge in [0.1, 0.15) is 6.61 Å². The number of hydrogen-bond acceptors (Lipinski definition) is 2. The predicted molar refractivity (Wildman–Crippen MR) is 113 cm³/mol. The van der Waals surface area contributed by atoms with Gasteiger partial charge in [0, 0.05) is 12.5 Å². The fraction of sp³-hybridized carbons (Fsp3) is 0.400. The molecule has 4 rings (SSSR count). The molecule has 1 fully saturated rings. The molecule has 0 heterocycles. The smallest absolute Gasteiger partial charge is 0.407 e. The summed E-state index contributed by atoms with van der Waals surface area (Å²) in [5, 5.41) is 3.01. The number of carbonyl (C=O) groups excluding carboxylic acids is 1. The van der Waals surface area contributed by atoms with Crippen LogP contribution in [0.4, 0.5) is 4.79 Å². The van der Waals surface area contributed by atoms with Crippen LogP contribution in [0.2, 0.25) is 0 Å². The van der Waals surface area contributed by atoms with Crippen molar-refractivity contribution in [3.05, 3.63) is 71.3 Å². The molecule has 1 N–H and O–H groups in total. The average molecular weight is 376 g/mol. The summed E-state index contributed by atoms with van der Waals surface area (Å²) in [5.41, 5.74) is 6.65. The molecule has 2 aromatic rings. The van der Waals surface area contributed by atoms with Gasteiger partial charge in [-0.3, -0.25) is 0 Å². The van der Waals surface area contributed by atoms with Crippen molar-refractivity contribution in [1.29, 1.82) is 0 Å². The summed E-state index contributed by atoms with van der Waals surface area (Å²) in [4.78, 5) is 12.3. The highest BCUT2D eigenvalue weighted by atomic mass is 16.5. The van der Waals surface area contributed by atoms with Crippen molar-refractivity contribution in [2.45, 2.75) is 45.4 Å². The fourth-order valence-electron chi connectivity index (χ4n) is 4.27. The lowest BCUT2D eigenvalue weighted by atomic mass is 9.98. The van der Waals surface area contributed by atoms with Crippen LogP contribution in [0.1, 0.15) is 56.6 Å². The van der Waals surface area contributed by atoms with Crippen molar-refractivity contribution in [3.8, 4) is 11.1 Å². The molecule has 2 aromatic carbocycles. The van der Waals surface area contributed by atoms with Gasteiger partial charge in [-0.05, 0) is 67.2 Å². The summed E-state index contributed by atoms with van der Waals surface area (Å²) in [6.07, 6.45) is 6.63. The predicted octanol–water partition coefficient (Wildman–Crippen LogP) is 6.05. The highest BCUT2D eigenvalue weighted by Gasteiger charge is 2.42. The molecule has 146 valence electrons. The van der Waals surface area contributed by atoms with Crippen LogP contribution in [-0.2, 0) is 4.74 Å². The maximum Gasteiger partial charge on any atom is 0.407 e. The molecule has 0 aromatic heterocycles. The zero-order valence-electron chi connectivity index (χ0n) is 16.8. The lowest BCUT2D eigenvalue weighted by molar-refractivity contribution is 0.140. The van der Waals surface area contributed by atoms with Crippen molar-refractivity contribution >= 4 is 6.09 Å². The Bertz CT molecular complexity index is 845. The second-order valence-corrected chi connectivity index (χ2v) is 8.50. The molecule has 28 heavy (non-hydrogen) atoms. The minimum absolute atomic E-state index is 0.116. The highest BCUT2D eigenvalue weighted by molar-refractivity contribution is 5.79. The molecular weight excluding hydrogens is 346 g/mol. The van der Waals surface area contributed by atoms with Gasteiger partial charge in [0.25, 0.3) is 0 Å². The maximum absolute atomic E-state index is 12.3. The number of ether oxygens (including phenoxy) is 1. The van der Waals surface area contributed by atoms with E-state index < -0.39 is 0 Å². The lowest BCUT2D eigenvalue weighted by Gasteiger charge is -2.17. The summed E-state index contributed by atoms with van der Waals surface area (Å²) in [5.74, 6) is 0.116. The first-order valence-corrected chi connectivity index (χ1v) is 10.3. The average Bonchev–Trinajstić information content (AvgIpc) is 3.40. The highest BCUT2D eigenvalue weighted by Crippen LogP contribution is 2.49. The van der Waals surface area contributed by atoms with Gasteiger partial charge in [-0.2, -0.15) is 0 Å². The second kappa shape index (κ2) is 7.83. The van der Waals surface area contributed by atoms with Crippen molar-refractivity contribution < 1.29 is 9.53 Å². The molecule has 3 heteroatoms. The summed E-state index contributed by atoms with van der Waals surface area (Å²) in [6.45, 7) is 5.37. The van der Waals surface area contributed by atoms with Gasteiger partial charge in [-0.1, -0.05) is 60.2 Å². The summed E-state index contributed by atoms with van der Waals surface area (Å²) in [6, 6.07) is 16.8. The quantitative estimate of drug-likeness (QED) is 0.598. The zero-order valence-corrected chi connectivity index (χ0v) is 16.8. The molecule has 1 saturated carbocycles. The van der Waals surface area contributed by atoms with E-state index in [2.05, 4.69) is 73.8 Å². The second-order valence-electron chi connectivity index (χ2n) is 8.50. The standard InChI is InChI=1S/C25H29NO2/c1-18(2)8-7-13-25(14-15-25)17-26-24(27)28-16-23-21-11-5-3-9-19(21)20-10-4-6-12-22(20)23/h3-6,8-12,23H,7,13-17H2,1-2H3,(H,26,27). The van der Waals surface area contributed by atoms with E-state index in [0.29, 0.717) is 6.61 Å². The van der Waals surface area contributed by atoms with E-state index >= 15 is 0 Å². The molecule has 2 aliphatic rings. The first kappa shape index (κ1) is 18.8. The Kier molecular flexibility index (Phi) is 5.25. The number of fused-ring (bicyclic) bond motifs is 3. The number of alkyl carbamates (subject to hydrolysis) is 1. The van der Waals surface area contributed by atoms with Crippen molar-refractivity contribution in [2.24, 2.45) is 5.41 Å². The van der Waals surface area contributed by atoms with Gasteiger partial charge >= 0.3 is 6.09 Å². The van der Waals surface area contributed by atoms with E-state index in [0.717, 1.165) is 19.4 Å². The minimum Gasteiger partial charge on any atom is -0.449 e. The maximum atomic E-state index is 12.3. The Labute approximate surface area is 167 Å². The van der Waals surface area contributed by atoms with Gasteiger partial charge < -0.3 is 10.1 Å². The molecule has 0 unspecified atom stereocenters. The van der Waals surface area contributed by atoms with Crippen molar-refractivity contribution in [1.82, 2.24) is 5.32 Å². The third-order valence-electron chi connectivity index (χ3n) is 6.14. The van der Waals surface area contributed by atoms with E-state index in [9.17, 15) is 4.79 Å². The van der Waals surface area contributed by atoms with Gasteiger partial charge in [0.05, 0.1) is 0 Å². The van der Waals surface area contributed by atoms with Crippen LogP contribution in [0.5, 0.6) is 0 Å². The Morgan fingerprint density at radius 2 is 1.68 bits per heavy atom. The van der Waals surface area contributed by atoms with E-state index in [1.165, 1.54) is 40.7 Å². The van der Waals surface area contributed by atoms with Gasteiger partial charge in [-0.15, -0.1) is 0 Å². The van der Waals surface area contributed by atoms with Gasteiger partial charge in [-0.25, -0.2) is 4.79 Å². The molecule has 0 radical (unpaired) electrons.